The van der Waals surface area contributed by atoms with Crippen LogP contribution in [0.2, 0.25) is 0 Å². The van der Waals surface area contributed by atoms with Gasteiger partial charge >= 0.3 is 5.69 Å². The number of hydrogen-bond acceptors (Lipinski definition) is 4. The van der Waals surface area contributed by atoms with Crippen molar-refractivity contribution in [2.45, 2.75) is 27.2 Å². The van der Waals surface area contributed by atoms with Gasteiger partial charge in [0.1, 0.15) is 0 Å². The van der Waals surface area contributed by atoms with Crippen molar-refractivity contribution in [3.05, 3.63) is 34.7 Å². The van der Waals surface area contributed by atoms with Crippen LogP contribution in [0.15, 0.2) is 29.1 Å². The first-order chi connectivity index (χ1) is 10.0. The topological polar surface area (TPSA) is 92.7 Å². The normalized spacial score (nSPS) is 13.7. The summed E-state index contributed by atoms with van der Waals surface area (Å²) in [6.45, 7) is 6.05. The summed E-state index contributed by atoms with van der Waals surface area (Å²) in [5, 5.41) is 12.2. The first-order valence-electron chi connectivity index (χ1n) is 6.94. The van der Waals surface area contributed by atoms with Crippen molar-refractivity contribution in [1.29, 1.82) is 0 Å². The van der Waals surface area contributed by atoms with Gasteiger partial charge in [-0.1, -0.05) is 27.2 Å². The Morgan fingerprint density at radius 3 is 2.52 bits per heavy atom. The van der Waals surface area contributed by atoms with Gasteiger partial charge in [-0.2, -0.15) is 4.68 Å². The first kappa shape index (κ1) is 15.0. The molecule has 1 aromatic heterocycles. The van der Waals surface area contributed by atoms with Crippen LogP contribution in [0.25, 0.3) is 5.69 Å². The van der Waals surface area contributed by atoms with E-state index in [2.05, 4.69) is 34.7 Å². The van der Waals surface area contributed by atoms with Gasteiger partial charge in [-0.25, -0.2) is 9.89 Å². The average molecular weight is 289 g/mol. The lowest BCUT2D eigenvalue weighted by atomic mass is 9.93. The molecule has 0 spiro atoms. The van der Waals surface area contributed by atoms with Crippen molar-refractivity contribution in [3.8, 4) is 5.69 Å². The molecule has 0 aliphatic rings. The molecule has 21 heavy (non-hydrogen) atoms. The van der Waals surface area contributed by atoms with E-state index in [9.17, 15) is 9.59 Å². The maximum atomic E-state index is 12.1. The van der Waals surface area contributed by atoms with Crippen molar-refractivity contribution >= 4 is 11.6 Å². The molecule has 0 saturated carbocycles. The zero-order chi connectivity index (χ0) is 15.4. The van der Waals surface area contributed by atoms with E-state index >= 15 is 0 Å². The number of tetrazole rings is 1. The second-order valence-electron chi connectivity index (χ2n) is 5.13. The number of amides is 1. The van der Waals surface area contributed by atoms with Crippen LogP contribution in [0, 0.1) is 11.8 Å². The minimum atomic E-state index is -0.405. The molecule has 2 unspecified atom stereocenters. The number of benzene rings is 1. The highest BCUT2D eigenvalue weighted by Gasteiger charge is 2.18. The molecule has 2 aromatic rings. The fraction of sp³-hybridized carbons (Fsp3) is 0.429. The maximum absolute atomic E-state index is 12.1. The number of nitrogens with zero attached hydrogens (tertiary/aromatic N) is 3. The van der Waals surface area contributed by atoms with E-state index in [0.29, 0.717) is 17.3 Å². The predicted molar refractivity (Wildman–Crippen MR) is 79.2 cm³/mol. The molecule has 0 radical (unpaired) electrons. The van der Waals surface area contributed by atoms with Gasteiger partial charge in [0.15, 0.2) is 0 Å². The Hall–Kier alpha value is -2.44. The molecule has 0 aliphatic carbocycles. The van der Waals surface area contributed by atoms with E-state index < -0.39 is 5.69 Å². The summed E-state index contributed by atoms with van der Waals surface area (Å²) in [6.07, 6.45) is 0.961. The third-order valence-corrected chi connectivity index (χ3v) is 3.76. The summed E-state index contributed by atoms with van der Waals surface area (Å²) in [6, 6.07) is 6.87. The molecule has 1 heterocycles. The van der Waals surface area contributed by atoms with Crippen LogP contribution >= 0.6 is 0 Å². The monoisotopic (exact) mass is 289 g/mol. The van der Waals surface area contributed by atoms with Gasteiger partial charge in [0.25, 0.3) is 0 Å². The molecule has 2 N–H and O–H groups in total. The number of aromatic nitrogens is 4. The summed E-state index contributed by atoms with van der Waals surface area (Å²) in [4.78, 5) is 23.5. The summed E-state index contributed by atoms with van der Waals surface area (Å²) in [7, 11) is 0. The first-order valence-corrected chi connectivity index (χ1v) is 6.94. The number of anilines is 1. The minimum absolute atomic E-state index is 0.00398. The molecule has 1 aromatic carbocycles. The molecular weight excluding hydrogens is 270 g/mol. The second-order valence-corrected chi connectivity index (χ2v) is 5.13. The number of nitrogens with one attached hydrogen (secondary N) is 2. The standard InChI is InChI=1S/C14H19N5O2/c1-4-9(2)10(3)13(20)15-11-5-7-12(8-6-11)19-14(21)16-17-18-19/h5-10H,4H2,1-3H3,(H,15,20)(H,16,18,21). The van der Waals surface area contributed by atoms with E-state index in [-0.39, 0.29) is 11.8 Å². The maximum Gasteiger partial charge on any atom is 0.365 e. The third-order valence-electron chi connectivity index (χ3n) is 3.76. The van der Waals surface area contributed by atoms with E-state index in [0.717, 1.165) is 11.1 Å². The van der Waals surface area contributed by atoms with Gasteiger partial charge in [0, 0.05) is 11.6 Å². The van der Waals surface area contributed by atoms with Crippen LogP contribution in [0.4, 0.5) is 5.69 Å². The van der Waals surface area contributed by atoms with E-state index in [4.69, 9.17) is 0 Å². The van der Waals surface area contributed by atoms with E-state index in [1.165, 1.54) is 0 Å². The van der Waals surface area contributed by atoms with Crippen molar-refractivity contribution in [1.82, 2.24) is 20.2 Å². The number of aromatic amines is 1. The number of hydrogen-bond donors (Lipinski definition) is 2. The van der Waals surface area contributed by atoms with Gasteiger partial charge < -0.3 is 5.32 Å². The molecule has 112 valence electrons. The van der Waals surface area contributed by atoms with Gasteiger partial charge in [0.05, 0.1) is 5.69 Å². The van der Waals surface area contributed by atoms with Gasteiger partial charge in [-0.3, -0.25) is 4.79 Å². The van der Waals surface area contributed by atoms with Gasteiger partial charge in [0.2, 0.25) is 5.91 Å². The molecule has 0 fully saturated rings. The molecule has 0 bridgehead atoms. The Labute approximate surface area is 122 Å². The Kier molecular flexibility index (Phi) is 4.52. The van der Waals surface area contributed by atoms with Crippen molar-refractivity contribution in [2.75, 3.05) is 5.32 Å². The lowest BCUT2D eigenvalue weighted by molar-refractivity contribution is -0.120. The smallest absolute Gasteiger partial charge is 0.326 e. The number of H-pyrrole nitrogens is 1. The third kappa shape index (κ3) is 3.36. The van der Waals surface area contributed by atoms with Gasteiger partial charge in [-0.05, 0) is 40.6 Å². The van der Waals surface area contributed by atoms with Crippen LogP contribution in [-0.4, -0.2) is 26.1 Å². The Morgan fingerprint density at radius 1 is 1.33 bits per heavy atom. The average Bonchev–Trinajstić information content (AvgIpc) is 2.92. The summed E-state index contributed by atoms with van der Waals surface area (Å²) >= 11 is 0. The van der Waals surface area contributed by atoms with E-state index in [1.54, 1.807) is 24.3 Å². The number of rotatable bonds is 5. The lowest BCUT2D eigenvalue weighted by Crippen LogP contribution is -2.25. The SMILES string of the molecule is CCC(C)C(C)C(=O)Nc1ccc(-n2nn[nH]c2=O)cc1. The summed E-state index contributed by atoms with van der Waals surface area (Å²) in [5.41, 5.74) is 0.870. The molecule has 1 amide bonds. The highest BCUT2D eigenvalue weighted by atomic mass is 16.2. The van der Waals surface area contributed by atoms with E-state index in [1.807, 2.05) is 6.92 Å². The predicted octanol–water partition coefficient (Wildman–Crippen LogP) is 1.58. The Balaban J connectivity index is 2.08. The van der Waals surface area contributed by atoms with Crippen LogP contribution in [0.3, 0.4) is 0 Å². The molecule has 7 nitrogen and oxygen atoms in total. The summed E-state index contributed by atoms with van der Waals surface area (Å²) in [5.74, 6) is 0.279. The van der Waals surface area contributed by atoms with Crippen LogP contribution in [0.5, 0.6) is 0 Å². The summed E-state index contributed by atoms with van der Waals surface area (Å²) < 4.78 is 1.15. The zero-order valence-electron chi connectivity index (χ0n) is 12.3. The highest BCUT2D eigenvalue weighted by molar-refractivity contribution is 5.92. The molecule has 7 heteroatoms. The number of carbonyl (C=O) groups is 1. The highest BCUT2D eigenvalue weighted by Crippen LogP contribution is 2.18. The van der Waals surface area contributed by atoms with Crippen LogP contribution in [-0.2, 0) is 4.79 Å². The fourth-order valence-electron chi connectivity index (χ4n) is 1.92. The number of carbonyl (C=O) groups excluding carboxylic acids is 1. The van der Waals surface area contributed by atoms with Crippen LogP contribution in [0.1, 0.15) is 27.2 Å². The second kappa shape index (κ2) is 6.34. The lowest BCUT2D eigenvalue weighted by Gasteiger charge is -2.17. The fourth-order valence-corrected chi connectivity index (χ4v) is 1.92. The molecule has 2 atom stereocenters. The molecule has 2 rings (SSSR count). The molecular formula is C14H19N5O2. The van der Waals surface area contributed by atoms with Crippen LogP contribution < -0.4 is 11.0 Å². The van der Waals surface area contributed by atoms with Gasteiger partial charge in [-0.15, -0.1) is 0 Å². The Morgan fingerprint density at radius 2 is 2.00 bits per heavy atom. The van der Waals surface area contributed by atoms with Crippen molar-refractivity contribution < 1.29 is 4.79 Å². The molecule has 0 saturated heterocycles. The molecule has 0 aliphatic heterocycles. The quantitative estimate of drug-likeness (QED) is 0.874. The van der Waals surface area contributed by atoms with Crippen molar-refractivity contribution in [3.63, 3.8) is 0 Å². The zero-order valence-corrected chi connectivity index (χ0v) is 12.3. The minimum Gasteiger partial charge on any atom is -0.326 e. The van der Waals surface area contributed by atoms with Crippen molar-refractivity contribution in [2.24, 2.45) is 11.8 Å². The largest absolute Gasteiger partial charge is 0.365 e. The Bertz CT molecular complexity index is 659.